The first-order chi connectivity index (χ1) is 11.6. The van der Waals surface area contributed by atoms with Crippen LogP contribution in [-0.2, 0) is 9.84 Å². The topological polar surface area (TPSA) is 106 Å². The molecule has 0 saturated heterocycles. The standard InChI is InChI=1S/C17H18N2O5S/c1-11(2)25(23,24)14-9-7-13(8-10-14)17(20)18-15-5-4-6-16(12(15)3)19(21)22/h4-11H,1-3H3,(H,18,20). The van der Waals surface area contributed by atoms with Crippen molar-refractivity contribution >= 4 is 27.1 Å². The molecule has 0 spiro atoms. The second-order valence-electron chi connectivity index (χ2n) is 5.78. The summed E-state index contributed by atoms with van der Waals surface area (Å²) >= 11 is 0. The number of anilines is 1. The molecule has 7 nitrogen and oxygen atoms in total. The lowest BCUT2D eigenvalue weighted by atomic mass is 10.1. The highest BCUT2D eigenvalue weighted by Gasteiger charge is 2.20. The summed E-state index contributed by atoms with van der Waals surface area (Å²) < 4.78 is 24.2. The Morgan fingerprint density at radius 3 is 2.24 bits per heavy atom. The number of sulfone groups is 1. The molecular weight excluding hydrogens is 344 g/mol. The third-order valence-corrected chi connectivity index (χ3v) is 5.99. The zero-order valence-corrected chi connectivity index (χ0v) is 14.8. The summed E-state index contributed by atoms with van der Waals surface area (Å²) in [6.45, 7) is 4.72. The maximum absolute atomic E-state index is 12.3. The van der Waals surface area contributed by atoms with Crippen molar-refractivity contribution in [2.75, 3.05) is 5.32 Å². The van der Waals surface area contributed by atoms with Gasteiger partial charge in [-0.15, -0.1) is 0 Å². The second-order valence-corrected chi connectivity index (χ2v) is 8.28. The highest BCUT2D eigenvalue weighted by atomic mass is 32.2. The number of benzene rings is 2. The van der Waals surface area contributed by atoms with Crippen LogP contribution in [0.25, 0.3) is 0 Å². The summed E-state index contributed by atoms with van der Waals surface area (Å²) in [5, 5.41) is 13.0. The largest absolute Gasteiger partial charge is 0.321 e. The number of amides is 1. The molecule has 2 rings (SSSR count). The Labute approximate surface area is 145 Å². The molecule has 0 saturated carbocycles. The Hall–Kier alpha value is -2.74. The van der Waals surface area contributed by atoms with Gasteiger partial charge in [-0.2, -0.15) is 0 Å². The van der Waals surface area contributed by atoms with Crippen LogP contribution in [0.15, 0.2) is 47.4 Å². The summed E-state index contributed by atoms with van der Waals surface area (Å²) in [5.74, 6) is -0.475. The normalized spacial score (nSPS) is 11.4. The molecule has 1 amide bonds. The third kappa shape index (κ3) is 3.85. The van der Waals surface area contributed by atoms with E-state index in [1.165, 1.54) is 36.4 Å². The van der Waals surface area contributed by atoms with Gasteiger partial charge in [0.1, 0.15) is 0 Å². The molecule has 0 aliphatic rings. The predicted molar refractivity (Wildman–Crippen MR) is 94.6 cm³/mol. The number of hydrogen-bond acceptors (Lipinski definition) is 5. The maximum atomic E-state index is 12.3. The maximum Gasteiger partial charge on any atom is 0.274 e. The van der Waals surface area contributed by atoms with Crippen molar-refractivity contribution in [3.05, 3.63) is 63.7 Å². The van der Waals surface area contributed by atoms with E-state index in [4.69, 9.17) is 0 Å². The zero-order chi connectivity index (χ0) is 18.8. The van der Waals surface area contributed by atoms with Crippen molar-refractivity contribution in [2.45, 2.75) is 30.9 Å². The molecule has 8 heteroatoms. The Kier molecular flexibility index (Phi) is 5.22. The number of nitro benzene ring substituents is 1. The van der Waals surface area contributed by atoms with Crippen molar-refractivity contribution in [1.29, 1.82) is 0 Å². The molecule has 2 aromatic rings. The molecule has 0 fully saturated rings. The highest BCUT2D eigenvalue weighted by molar-refractivity contribution is 7.92. The van der Waals surface area contributed by atoms with Gasteiger partial charge in [-0.3, -0.25) is 14.9 Å². The number of carbonyl (C=O) groups excluding carboxylic acids is 1. The number of rotatable bonds is 5. The fraction of sp³-hybridized carbons (Fsp3) is 0.235. The van der Waals surface area contributed by atoms with E-state index in [0.29, 0.717) is 11.3 Å². The first-order valence-electron chi connectivity index (χ1n) is 7.54. The van der Waals surface area contributed by atoms with Gasteiger partial charge in [0.25, 0.3) is 11.6 Å². The van der Waals surface area contributed by atoms with Gasteiger partial charge in [-0.1, -0.05) is 6.07 Å². The number of nitrogens with one attached hydrogen (secondary N) is 1. The van der Waals surface area contributed by atoms with Gasteiger partial charge in [0.2, 0.25) is 0 Å². The number of carbonyl (C=O) groups is 1. The SMILES string of the molecule is Cc1c(NC(=O)c2ccc(S(=O)(=O)C(C)C)cc2)cccc1[N+](=O)[O-]. The summed E-state index contributed by atoms with van der Waals surface area (Å²) in [7, 11) is -3.41. The minimum atomic E-state index is -3.41. The van der Waals surface area contributed by atoms with Crippen LogP contribution >= 0.6 is 0 Å². The Bertz CT molecular complexity index is 919. The molecule has 1 N–H and O–H groups in total. The van der Waals surface area contributed by atoms with Crippen LogP contribution in [0.3, 0.4) is 0 Å². The fourth-order valence-electron chi connectivity index (χ4n) is 2.22. The van der Waals surface area contributed by atoms with Crippen molar-refractivity contribution in [3.63, 3.8) is 0 Å². The van der Waals surface area contributed by atoms with E-state index < -0.39 is 25.9 Å². The average molecular weight is 362 g/mol. The van der Waals surface area contributed by atoms with Gasteiger partial charge >= 0.3 is 0 Å². The quantitative estimate of drug-likeness (QED) is 0.648. The van der Waals surface area contributed by atoms with Gasteiger partial charge in [0.15, 0.2) is 9.84 Å². The minimum absolute atomic E-state index is 0.0869. The number of hydrogen-bond donors (Lipinski definition) is 1. The summed E-state index contributed by atoms with van der Waals surface area (Å²) in [6, 6.07) is 10.00. The van der Waals surface area contributed by atoms with Gasteiger partial charge in [0.05, 0.1) is 26.3 Å². The molecule has 0 bridgehead atoms. The van der Waals surface area contributed by atoms with Gasteiger partial charge < -0.3 is 5.32 Å². The molecule has 0 aromatic heterocycles. The van der Waals surface area contributed by atoms with Crippen molar-refractivity contribution < 1.29 is 18.1 Å². The van der Waals surface area contributed by atoms with Crippen LogP contribution in [0.1, 0.15) is 29.8 Å². The first kappa shape index (κ1) is 18.6. The van der Waals surface area contributed by atoms with Crippen LogP contribution in [0.5, 0.6) is 0 Å². The second kappa shape index (κ2) is 7.02. The van der Waals surface area contributed by atoms with E-state index in [1.807, 2.05) is 0 Å². The van der Waals surface area contributed by atoms with E-state index in [9.17, 15) is 23.3 Å². The monoisotopic (exact) mass is 362 g/mol. The Morgan fingerprint density at radius 2 is 1.72 bits per heavy atom. The van der Waals surface area contributed by atoms with Gasteiger partial charge in [-0.05, 0) is 51.1 Å². The van der Waals surface area contributed by atoms with Gasteiger partial charge in [0, 0.05) is 11.6 Å². The smallest absolute Gasteiger partial charge is 0.274 e. The fourth-order valence-corrected chi connectivity index (χ4v) is 3.28. The molecule has 0 aliphatic carbocycles. The molecule has 0 aliphatic heterocycles. The lowest BCUT2D eigenvalue weighted by molar-refractivity contribution is -0.385. The molecular formula is C17H18N2O5S. The van der Waals surface area contributed by atoms with Crippen molar-refractivity contribution in [1.82, 2.24) is 0 Å². The first-order valence-corrected chi connectivity index (χ1v) is 9.08. The minimum Gasteiger partial charge on any atom is -0.321 e. The van der Waals surface area contributed by atoms with Crippen molar-refractivity contribution in [2.24, 2.45) is 0 Å². The zero-order valence-electron chi connectivity index (χ0n) is 14.0. The van der Waals surface area contributed by atoms with E-state index in [-0.39, 0.29) is 16.1 Å². The lowest BCUT2D eigenvalue weighted by Crippen LogP contribution is -2.15. The molecule has 132 valence electrons. The molecule has 2 aromatic carbocycles. The number of nitrogens with zero attached hydrogens (tertiary/aromatic N) is 1. The molecule has 0 atom stereocenters. The van der Waals surface area contributed by atoms with Gasteiger partial charge in [-0.25, -0.2) is 8.42 Å². The van der Waals surface area contributed by atoms with Crippen molar-refractivity contribution in [3.8, 4) is 0 Å². The molecule has 25 heavy (non-hydrogen) atoms. The lowest BCUT2D eigenvalue weighted by Gasteiger charge is -2.10. The Morgan fingerprint density at radius 1 is 1.12 bits per heavy atom. The summed E-state index contributed by atoms with van der Waals surface area (Å²) in [4.78, 5) is 22.9. The molecule has 0 unspecified atom stereocenters. The summed E-state index contributed by atoms with van der Waals surface area (Å²) in [5.41, 5.74) is 0.850. The van der Waals surface area contributed by atoms with E-state index in [0.717, 1.165) is 0 Å². The van der Waals surface area contributed by atoms with Crippen LogP contribution in [0, 0.1) is 17.0 Å². The Balaban J connectivity index is 2.26. The van der Waals surface area contributed by atoms with Crippen LogP contribution < -0.4 is 5.32 Å². The van der Waals surface area contributed by atoms with Crippen LogP contribution in [-0.4, -0.2) is 24.5 Å². The van der Waals surface area contributed by atoms with E-state index >= 15 is 0 Å². The predicted octanol–water partition coefficient (Wildman–Crippen LogP) is 3.34. The van der Waals surface area contributed by atoms with E-state index in [1.54, 1.807) is 26.8 Å². The van der Waals surface area contributed by atoms with Crippen LogP contribution in [0.4, 0.5) is 11.4 Å². The summed E-state index contributed by atoms with van der Waals surface area (Å²) in [6.07, 6.45) is 0. The van der Waals surface area contributed by atoms with E-state index in [2.05, 4.69) is 5.32 Å². The molecule has 0 radical (unpaired) electrons. The third-order valence-electron chi connectivity index (χ3n) is 3.82. The molecule has 0 heterocycles. The highest BCUT2D eigenvalue weighted by Crippen LogP contribution is 2.25. The van der Waals surface area contributed by atoms with Crippen LogP contribution in [0.2, 0.25) is 0 Å². The average Bonchev–Trinajstić information content (AvgIpc) is 2.56. The number of nitro groups is 1.